The Hall–Kier alpha value is -4.26. The number of nitrogens with one attached hydrogen (secondary N) is 1. The minimum absolute atomic E-state index is 0.170. The maximum atomic E-state index is 13.5. The second-order valence-electron chi connectivity index (χ2n) is 8.02. The summed E-state index contributed by atoms with van der Waals surface area (Å²) >= 11 is 0. The Morgan fingerprint density at radius 3 is 2.18 bits per heavy atom. The summed E-state index contributed by atoms with van der Waals surface area (Å²) in [5.74, 6) is -1.32. The molecule has 172 valence electrons. The van der Waals surface area contributed by atoms with Gasteiger partial charge in [0.05, 0.1) is 5.57 Å². The molecule has 4 rings (SSSR count). The molecule has 1 heterocycles. The Balaban J connectivity index is 1.68. The number of anilines is 2. The van der Waals surface area contributed by atoms with Crippen LogP contribution < -0.4 is 10.2 Å². The molecule has 1 aliphatic heterocycles. The van der Waals surface area contributed by atoms with Crippen molar-refractivity contribution < 1.29 is 18.8 Å². The number of halogens is 1. The fourth-order valence-corrected chi connectivity index (χ4v) is 3.93. The van der Waals surface area contributed by atoms with E-state index in [4.69, 9.17) is 0 Å². The monoisotopic (exact) mass is 457 g/mol. The quantitative estimate of drug-likeness (QED) is 0.539. The molecule has 0 saturated heterocycles. The molecule has 1 N–H and O–H groups in total. The lowest BCUT2D eigenvalue weighted by Gasteiger charge is -2.21. The molecule has 0 bridgehead atoms. The molecule has 0 atom stereocenters. The van der Waals surface area contributed by atoms with E-state index in [1.165, 1.54) is 24.0 Å². The van der Waals surface area contributed by atoms with Gasteiger partial charge in [0, 0.05) is 31.9 Å². The molecule has 3 aromatic carbocycles. The topological polar surface area (TPSA) is 69.7 Å². The van der Waals surface area contributed by atoms with Crippen LogP contribution >= 0.6 is 0 Å². The standard InChI is InChI=1S/C27H24FN3O3/c1-18(32)29-22-14-10-20(11-15-22)24-25(30(2)23-6-4-3-5-7-23)27(34)31(26(24)33)17-16-19-8-12-21(28)13-9-19/h3-15H,16-17H2,1-2H3,(H,29,32). The first-order valence-electron chi connectivity index (χ1n) is 10.9. The van der Waals surface area contributed by atoms with E-state index in [1.807, 2.05) is 30.3 Å². The maximum absolute atomic E-state index is 13.5. The van der Waals surface area contributed by atoms with E-state index in [0.717, 1.165) is 11.3 Å². The smallest absolute Gasteiger partial charge is 0.278 e. The summed E-state index contributed by atoms with van der Waals surface area (Å²) in [6.07, 6.45) is 0.412. The zero-order valence-corrected chi connectivity index (χ0v) is 18.9. The average Bonchev–Trinajstić information content (AvgIpc) is 3.08. The molecule has 6 nitrogen and oxygen atoms in total. The summed E-state index contributed by atoms with van der Waals surface area (Å²) in [6.45, 7) is 1.59. The average molecular weight is 458 g/mol. The number of imide groups is 1. The van der Waals surface area contributed by atoms with E-state index >= 15 is 0 Å². The van der Waals surface area contributed by atoms with E-state index in [9.17, 15) is 18.8 Å². The van der Waals surface area contributed by atoms with Crippen LogP contribution in [0, 0.1) is 5.82 Å². The molecule has 3 amide bonds. The Labute approximate surface area is 197 Å². The van der Waals surface area contributed by atoms with Crippen LogP contribution in [-0.4, -0.2) is 36.2 Å². The van der Waals surface area contributed by atoms with Gasteiger partial charge in [-0.3, -0.25) is 19.3 Å². The number of carbonyl (C=O) groups excluding carboxylic acids is 3. The zero-order valence-electron chi connectivity index (χ0n) is 18.9. The van der Waals surface area contributed by atoms with Crippen LogP contribution in [0.15, 0.2) is 84.6 Å². The Morgan fingerprint density at radius 2 is 1.56 bits per heavy atom. The molecule has 3 aromatic rings. The van der Waals surface area contributed by atoms with Gasteiger partial charge < -0.3 is 10.2 Å². The van der Waals surface area contributed by atoms with E-state index in [1.54, 1.807) is 48.3 Å². The second-order valence-corrected chi connectivity index (χ2v) is 8.02. The number of amides is 3. The van der Waals surface area contributed by atoms with Crippen LogP contribution in [0.4, 0.5) is 15.8 Å². The molecule has 0 saturated carbocycles. The van der Waals surface area contributed by atoms with Gasteiger partial charge in [0.15, 0.2) is 0 Å². The third-order valence-electron chi connectivity index (χ3n) is 5.65. The Bertz CT molecular complexity index is 1250. The van der Waals surface area contributed by atoms with Gasteiger partial charge in [-0.15, -0.1) is 0 Å². The summed E-state index contributed by atoms with van der Waals surface area (Å²) in [7, 11) is 1.75. The lowest BCUT2D eigenvalue weighted by Crippen LogP contribution is -2.35. The molecule has 0 aliphatic carbocycles. The minimum atomic E-state index is -0.392. The highest BCUT2D eigenvalue weighted by Gasteiger charge is 2.40. The lowest BCUT2D eigenvalue weighted by molar-refractivity contribution is -0.136. The van der Waals surface area contributed by atoms with Gasteiger partial charge in [0.2, 0.25) is 5.91 Å². The molecular formula is C27H24FN3O3. The second kappa shape index (κ2) is 9.70. The summed E-state index contributed by atoms with van der Waals surface area (Å²) < 4.78 is 13.2. The van der Waals surface area contributed by atoms with Crippen LogP contribution in [0.1, 0.15) is 18.1 Å². The summed E-state index contributed by atoms with van der Waals surface area (Å²) in [5, 5.41) is 2.70. The predicted molar refractivity (Wildman–Crippen MR) is 129 cm³/mol. The first-order valence-corrected chi connectivity index (χ1v) is 10.9. The van der Waals surface area contributed by atoms with Gasteiger partial charge in [-0.1, -0.05) is 42.5 Å². The van der Waals surface area contributed by atoms with Crippen molar-refractivity contribution in [3.8, 4) is 0 Å². The minimum Gasteiger partial charge on any atom is -0.339 e. The van der Waals surface area contributed by atoms with Crippen LogP contribution in [0.25, 0.3) is 5.57 Å². The predicted octanol–water partition coefficient (Wildman–Crippen LogP) is 4.24. The molecule has 0 radical (unpaired) electrons. The number of hydrogen-bond donors (Lipinski definition) is 1. The van der Waals surface area contributed by atoms with Gasteiger partial charge in [-0.2, -0.15) is 0 Å². The fourth-order valence-electron chi connectivity index (χ4n) is 3.93. The number of rotatable bonds is 7. The summed E-state index contributed by atoms with van der Waals surface area (Å²) in [4.78, 5) is 41.3. The summed E-state index contributed by atoms with van der Waals surface area (Å²) in [6, 6.07) is 22.2. The van der Waals surface area contributed by atoms with Crippen molar-refractivity contribution in [2.45, 2.75) is 13.3 Å². The first kappa shape index (κ1) is 22.9. The van der Waals surface area contributed by atoms with Gasteiger partial charge in [0.25, 0.3) is 11.8 Å². The van der Waals surface area contributed by atoms with Crippen molar-refractivity contribution in [2.75, 3.05) is 23.8 Å². The van der Waals surface area contributed by atoms with Gasteiger partial charge >= 0.3 is 0 Å². The normalized spacial score (nSPS) is 13.4. The number of para-hydroxylation sites is 1. The third kappa shape index (κ3) is 4.73. The van der Waals surface area contributed by atoms with E-state index in [0.29, 0.717) is 23.2 Å². The number of nitrogens with zero attached hydrogens (tertiary/aromatic N) is 2. The number of likely N-dealkylation sites (N-methyl/N-ethyl adjacent to an activating group) is 1. The number of benzene rings is 3. The van der Waals surface area contributed by atoms with Crippen LogP contribution in [-0.2, 0) is 20.8 Å². The van der Waals surface area contributed by atoms with Crippen LogP contribution in [0.2, 0.25) is 0 Å². The van der Waals surface area contributed by atoms with Crippen molar-refractivity contribution in [1.29, 1.82) is 0 Å². The molecule has 34 heavy (non-hydrogen) atoms. The first-order chi connectivity index (χ1) is 16.3. The molecule has 0 unspecified atom stereocenters. The van der Waals surface area contributed by atoms with E-state index in [-0.39, 0.29) is 29.9 Å². The lowest BCUT2D eigenvalue weighted by atomic mass is 10.0. The Morgan fingerprint density at radius 1 is 0.912 bits per heavy atom. The zero-order chi connectivity index (χ0) is 24.2. The number of carbonyl (C=O) groups is 3. The SMILES string of the molecule is CC(=O)Nc1ccc(C2=C(N(C)c3ccccc3)C(=O)N(CCc3ccc(F)cc3)C2=O)cc1. The van der Waals surface area contributed by atoms with Crippen molar-refractivity contribution in [3.63, 3.8) is 0 Å². The summed E-state index contributed by atoms with van der Waals surface area (Å²) in [5.41, 5.74) is 3.35. The molecular weight excluding hydrogens is 433 g/mol. The van der Waals surface area contributed by atoms with Gasteiger partial charge in [-0.25, -0.2) is 4.39 Å². The molecule has 7 heteroatoms. The van der Waals surface area contributed by atoms with E-state index in [2.05, 4.69) is 5.32 Å². The van der Waals surface area contributed by atoms with Crippen molar-refractivity contribution >= 4 is 34.7 Å². The highest BCUT2D eigenvalue weighted by Crippen LogP contribution is 2.34. The van der Waals surface area contributed by atoms with Crippen molar-refractivity contribution in [1.82, 2.24) is 4.90 Å². The fraction of sp³-hybridized carbons (Fsp3) is 0.148. The van der Waals surface area contributed by atoms with Crippen molar-refractivity contribution in [3.05, 3.63) is 102 Å². The highest BCUT2D eigenvalue weighted by molar-refractivity contribution is 6.36. The van der Waals surface area contributed by atoms with E-state index < -0.39 is 5.91 Å². The number of hydrogen-bond acceptors (Lipinski definition) is 4. The van der Waals surface area contributed by atoms with Crippen molar-refractivity contribution in [2.24, 2.45) is 0 Å². The maximum Gasteiger partial charge on any atom is 0.278 e. The molecule has 0 spiro atoms. The largest absolute Gasteiger partial charge is 0.339 e. The molecule has 0 aromatic heterocycles. The molecule has 0 fully saturated rings. The molecule has 1 aliphatic rings. The third-order valence-corrected chi connectivity index (χ3v) is 5.65. The van der Waals surface area contributed by atoms with Gasteiger partial charge in [0.1, 0.15) is 11.5 Å². The van der Waals surface area contributed by atoms with Gasteiger partial charge in [-0.05, 0) is 53.9 Å². The van der Waals surface area contributed by atoms with Crippen LogP contribution in [0.5, 0.6) is 0 Å². The van der Waals surface area contributed by atoms with Crippen LogP contribution in [0.3, 0.4) is 0 Å². The highest BCUT2D eigenvalue weighted by atomic mass is 19.1. The Kier molecular flexibility index (Phi) is 6.54.